The van der Waals surface area contributed by atoms with E-state index in [0.29, 0.717) is 5.96 Å². The zero-order chi connectivity index (χ0) is 18.8. The summed E-state index contributed by atoms with van der Waals surface area (Å²) in [6.45, 7) is 6.32. The second kappa shape index (κ2) is 10.6. The van der Waals surface area contributed by atoms with E-state index in [1.807, 2.05) is 49.0 Å². The van der Waals surface area contributed by atoms with Gasteiger partial charge in [0.2, 0.25) is 5.91 Å². The molecule has 0 aliphatic rings. The molecule has 3 N–H and O–H groups in total. The van der Waals surface area contributed by atoms with Gasteiger partial charge in [-0.2, -0.15) is 5.10 Å². The number of amides is 1. The third-order valence-electron chi connectivity index (χ3n) is 3.61. The maximum Gasteiger partial charge on any atom is 0.246 e. The van der Waals surface area contributed by atoms with Crippen LogP contribution in [0.4, 0.5) is 5.69 Å². The summed E-state index contributed by atoms with van der Waals surface area (Å²) in [4.78, 5) is 16.5. The molecule has 0 aliphatic carbocycles. The van der Waals surface area contributed by atoms with E-state index in [0.717, 1.165) is 41.8 Å². The first-order valence-electron chi connectivity index (χ1n) is 8.64. The van der Waals surface area contributed by atoms with Crippen LogP contribution in [-0.4, -0.2) is 41.3 Å². The summed E-state index contributed by atoms with van der Waals surface area (Å²) < 4.78 is 2.81. The second-order valence-corrected chi connectivity index (χ2v) is 6.67. The standard InChI is InChI=1S/C18H25BrN6O/c1-3-20-18(21-8-4-10-25-11-5-9-23-25)22-13-17(26)24-16-12-15(19)7-6-14(16)2/h5-7,9,11-12H,3-4,8,10,13H2,1-2H3,(H,24,26)(H2,20,21,22). The first kappa shape index (κ1) is 20.0. The molecule has 2 rings (SSSR count). The predicted molar refractivity (Wildman–Crippen MR) is 108 cm³/mol. The molecular weight excluding hydrogens is 396 g/mol. The van der Waals surface area contributed by atoms with Crippen LogP contribution >= 0.6 is 15.9 Å². The molecule has 1 aromatic carbocycles. The zero-order valence-electron chi connectivity index (χ0n) is 15.1. The van der Waals surface area contributed by atoms with E-state index < -0.39 is 0 Å². The van der Waals surface area contributed by atoms with E-state index >= 15 is 0 Å². The second-order valence-electron chi connectivity index (χ2n) is 5.75. The first-order valence-corrected chi connectivity index (χ1v) is 9.43. The maximum atomic E-state index is 12.2. The Labute approximate surface area is 162 Å². The van der Waals surface area contributed by atoms with E-state index in [-0.39, 0.29) is 12.5 Å². The third kappa shape index (κ3) is 6.87. The lowest BCUT2D eigenvalue weighted by Gasteiger charge is -2.12. The highest BCUT2D eigenvalue weighted by molar-refractivity contribution is 9.10. The Bertz CT molecular complexity index is 729. The number of hydrogen-bond donors (Lipinski definition) is 3. The molecule has 1 heterocycles. The summed E-state index contributed by atoms with van der Waals surface area (Å²) >= 11 is 3.41. The van der Waals surface area contributed by atoms with Crippen LogP contribution in [0.3, 0.4) is 0 Å². The van der Waals surface area contributed by atoms with Gasteiger partial charge in [-0.05, 0) is 44.0 Å². The Morgan fingerprint density at radius 3 is 2.92 bits per heavy atom. The number of nitrogens with one attached hydrogen (secondary N) is 3. The quantitative estimate of drug-likeness (QED) is 0.348. The van der Waals surface area contributed by atoms with Gasteiger partial charge >= 0.3 is 0 Å². The lowest BCUT2D eigenvalue weighted by Crippen LogP contribution is -2.38. The SMILES string of the molecule is CCNC(=NCC(=O)Nc1cc(Br)ccc1C)NCCCn1cccn1. The van der Waals surface area contributed by atoms with Gasteiger partial charge in [0, 0.05) is 42.2 Å². The number of benzene rings is 1. The molecule has 0 aliphatic heterocycles. The lowest BCUT2D eigenvalue weighted by atomic mass is 10.2. The number of hydrogen-bond acceptors (Lipinski definition) is 3. The van der Waals surface area contributed by atoms with Crippen molar-refractivity contribution < 1.29 is 4.79 Å². The molecule has 7 nitrogen and oxygen atoms in total. The fourth-order valence-electron chi connectivity index (χ4n) is 2.29. The number of aryl methyl sites for hydroxylation is 2. The Morgan fingerprint density at radius 2 is 2.19 bits per heavy atom. The molecule has 2 aromatic rings. The van der Waals surface area contributed by atoms with E-state index in [4.69, 9.17) is 0 Å². The van der Waals surface area contributed by atoms with Gasteiger partial charge in [-0.15, -0.1) is 0 Å². The van der Waals surface area contributed by atoms with Crippen molar-refractivity contribution in [2.24, 2.45) is 4.99 Å². The number of rotatable bonds is 8. The highest BCUT2D eigenvalue weighted by atomic mass is 79.9. The molecule has 0 bridgehead atoms. The lowest BCUT2D eigenvalue weighted by molar-refractivity contribution is -0.114. The smallest absolute Gasteiger partial charge is 0.246 e. The number of aliphatic imine (C=N–C) groups is 1. The van der Waals surface area contributed by atoms with Crippen LogP contribution in [0.15, 0.2) is 46.1 Å². The molecular formula is C18H25BrN6O. The highest BCUT2D eigenvalue weighted by Crippen LogP contribution is 2.20. The molecule has 0 saturated heterocycles. The van der Waals surface area contributed by atoms with Gasteiger partial charge in [0.25, 0.3) is 0 Å². The summed E-state index contributed by atoms with van der Waals surface area (Å²) in [6, 6.07) is 7.69. The van der Waals surface area contributed by atoms with Crippen LogP contribution in [-0.2, 0) is 11.3 Å². The summed E-state index contributed by atoms with van der Waals surface area (Å²) in [5.41, 5.74) is 1.80. The Balaban J connectivity index is 1.80. The number of carbonyl (C=O) groups excluding carboxylic acids is 1. The monoisotopic (exact) mass is 420 g/mol. The van der Waals surface area contributed by atoms with Gasteiger partial charge in [0.05, 0.1) is 0 Å². The van der Waals surface area contributed by atoms with Crippen LogP contribution in [0, 0.1) is 6.92 Å². The van der Waals surface area contributed by atoms with Gasteiger partial charge in [0.1, 0.15) is 6.54 Å². The predicted octanol–water partition coefficient (Wildman–Crippen LogP) is 2.54. The van der Waals surface area contributed by atoms with Gasteiger partial charge in [-0.25, -0.2) is 4.99 Å². The molecule has 26 heavy (non-hydrogen) atoms. The van der Waals surface area contributed by atoms with Crippen LogP contribution in [0.2, 0.25) is 0 Å². The number of anilines is 1. The Kier molecular flexibility index (Phi) is 8.14. The summed E-state index contributed by atoms with van der Waals surface area (Å²) in [5, 5.41) is 13.4. The Morgan fingerprint density at radius 1 is 1.35 bits per heavy atom. The molecule has 0 atom stereocenters. The molecule has 140 valence electrons. The number of guanidine groups is 1. The van der Waals surface area contributed by atoms with Crippen molar-refractivity contribution >= 4 is 33.5 Å². The molecule has 0 radical (unpaired) electrons. The van der Waals surface area contributed by atoms with Gasteiger partial charge in [0.15, 0.2) is 5.96 Å². The van der Waals surface area contributed by atoms with Crippen molar-refractivity contribution in [3.63, 3.8) is 0 Å². The van der Waals surface area contributed by atoms with E-state index in [9.17, 15) is 4.79 Å². The molecule has 0 saturated carbocycles. The summed E-state index contributed by atoms with van der Waals surface area (Å²) in [7, 11) is 0. The number of carbonyl (C=O) groups is 1. The largest absolute Gasteiger partial charge is 0.357 e. The number of nitrogens with zero attached hydrogens (tertiary/aromatic N) is 3. The van der Waals surface area contributed by atoms with Crippen molar-refractivity contribution in [1.29, 1.82) is 0 Å². The van der Waals surface area contributed by atoms with Crippen molar-refractivity contribution in [3.05, 3.63) is 46.7 Å². The van der Waals surface area contributed by atoms with Crippen molar-refractivity contribution in [2.75, 3.05) is 25.0 Å². The molecule has 0 spiro atoms. The van der Waals surface area contributed by atoms with Crippen LogP contribution in [0.5, 0.6) is 0 Å². The zero-order valence-corrected chi connectivity index (χ0v) is 16.7. The van der Waals surface area contributed by atoms with E-state index in [2.05, 4.69) is 42.0 Å². The van der Waals surface area contributed by atoms with E-state index in [1.165, 1.54) is 0 Å². The summed E-state index contributed by atoms with van der Waals surface area (Å²) in [6.07, 6.45) is 4.62. The van der Waals surface area contributed by atoms with Gasteiger partial charge in [-0.1, -0.05) is 22.0 Å². The van der Waals surface area contributed by atoms with Crippen molar-refractivity contribution in [3.8, 4) is 0 Å². The third-order valence-corrected chi connectivity index (χ3v) is 4.11. The average molecular weight is 421 g/mol. The fourth-order valence-corrected chi connectivity index (χ4v) is 2.65. The maximum absolute atomic E-state index is 12.2. The van der Waals surface area contributed by atoms with Crippen LogP contribution < -0.4 is 16.0 Å². The number of aromatic nitrogens is 2. The first-order chi connectivity index (χ1) is 12.6. The molecule has 0 unspecified atom stereocenters. The fraction of sp³-hybridized carbons (Fsp3) is 0.389. The van der Waals surface area contributed by atoms with Crippen LogP contribution in [0.25, 0.3) is 0 Å². The molecule has 8 heteroatoms. The minimum atomic E-state index is -0.153. The molecule has 0 fully saturated rings. The van der Waals surface area contributed by atoms with Crippen molar-refractivity contribution in [1.82, 2.24) is 20.4 Å². The normalized spacial score (nSPS) is 11.3. The molecule has 1 aromatic heterocycles. The Hall–Kier alpha value is -2.35. The topological polar surface area (TPSA) is 83.3 Å². The highest BCUT2D eigenvalue weighted by Gasteiger charge is 2.06. The average Bonchev–Trinajstić information content (AvgIpc) is 3.13. The minimum absolute atomic E-state index is 0.0560. The summed E-state index contributed by atoms with van der Waals surface area (Å²) in [5.74, 6) is 0.481. The molecule has 1 amide bonds. The minimum Gasteiger partial charge on any atom is -0.357 e. The van der Waals surface area contributed by atoms with Crippen molar-refractivity contribution in [2.45, 2.75) is 26.8 Å². The number of halogens is 1. The van der Waals surface area contributed by atoms with E-state index in [1.54, 1.807) is 6.20 Å². The van der Waals surface area contributed by atoms with Crippen LogP contribution in [0.1, 0.15) is 18.9 Å². The van der Waals surface area contributed by atoms with Gasteiger partial charge < -0.3 is 16.0 Å². The van der Waals surface area contributed by atoms with Gasteiger partial charge in [-0.3, -0.25) is 9.48 Å².